The second-order valence-electron chi connectivity index (χ2n) is 4.67. The topological polar surface area (TPSA) is 29.3 Å². The van der Waals surface area contributed by atoms with Gasteiger partial charge in [-0.25, -0.2) is 4.39 Å². The molecule has 0 heterocycles. The van der Waals surface area contributed by atoms with Gasteiger partial charge in [-0.15, -0.1) is 0 Å². The molecule has 0 unspecified atom stereocenters. The van der Waals surface area contributed by atoms with Crippen LogP contribution in [0, 0.1) is 11.7 Å². The number of hydrogen-bond donors (Lipinski definition) is 1. The van der Waals surface area contributed by atoms with Crippen molar-refractivity contribution in [3.05, 3.63) is 34.6 Å². The minimum absolute atomic E-state index is 0.169. The lowest BCUT2D eigenvalue weighted by Gasteiger charge is -2.23. The molecule has 0 aromatic heterocycles. The predicted octanol–water partition coefficient (Wildman–Crippen LogP) is 2.90. The summed E-state index contributed by atoms with van der Waals surface area (Å²) in [6.07, 6.45) is 0. The lowest BCUT2D eigenvalue weighted by molar-refractivity contribution is 0.242. The molecule has 96 valence electrons. The summed E-state index contributed by atoms with van der Waals surface area (Å²) >= 11 is 5.65. The number of halogens is 2. The first-order valence-corrected chi connectivity index (χ1v) is 6.27. The minimum Gasteiger partial charge on any atom is -0.329 e. The van der Waals surface area contributed by atoms with Crippen molar-refractivity contribution in [3.63, 3.8) is 0 Å². The summed E-state index contributed by atoms with van der Waals surface area (Å²) in [7, 11) is 0. The van der Waals surface area contributed by atoms with Gasteiger partial charge in [-0.1, -0.05) is 31.5 Å². The van der Waals surface area contributed by atoms with Gasteiger partial charge in [-0.05, 0) is 23.6 Å². The van der Waals surface area contributed by atoms with E-state index in [4.69, 9.17) is 17.3 Å². The number of nitrogens with two attached hydrogens (primary N) is 1. The molecule has 0 aliphatic rings. The monoisotopic (exact) mass is 258 g/mol. The third-order valence-corrected chi connectivity index (χ3v) is 2.77. The first kappa shape index (κ1) is 14.4. The van der Waals surface area contributed by atoms with Crippen molar-refractivity contribution in [2.45, 2.75) is 20.4 Å². The Morgan fingerprint density at radius 1 is 1.41 bits per heavy atom. The summed E-state index contributed by atoms with van der Waals surface area (Å²) in [5.74, 6) is 0.208. The van der Waals surface area contributed by atoms with Crippen LogP contribution in [0.15, 0.2) is 18.2 Å². The van der Waals surface area contributed by atoms with Crippen LogP contribution in [-0.2, 0) is 6.54 Å². The smallest absolute Gasteiger partial charge is 0.142 e. The second kappa shape index (κ2) is 6.94. The van der Waals surface area contributed by atoms with Crippen LogP contribution in [0.1, 0.15) is 19.4 Å². The summed E-state index contributed by atoms with van der Waals surface area (Å²) in [5, 5.41) is 0.169. The quantitative estimate of drug-likeness (QED) is 0.850. The van der Waals surface area contributed by atoms with E-state index < -0.39 is 0 Å². The SMILES string of the molecule is CC(C)CN(CCN)Cc1ccc(Cl)c(F)c1. The summed E-state index contributed by atoms with van der Waals surface area (Å²) in [4.78, 5) is 2.23. The molecule has 0 spiro atoms. The Morgan fingerprint density at radius 2 is 2.12 bits per heavy atom. The van der Waals surface area contributed by atoms with E-state index in [2.05, 4.69) is 18.7 Å². The molecule has 0 saturated carbocycles. The fourth-order valence-electron chi connectivity index (χ4n) is 1.83. The van der Waals surface area contributed by atoms with E-state index >= 15 is 0 Å². The molecule has 0 atom stereocenters. The van der Waals surface area contributed by atoms with E-state index in [0.29, 0.717) is 19.0 Å². The Kier molecular flexibility index (Phi) is 5.89. The largest absolute Gasteiger partial charge is 0.329 e. The molecular weight excluding hydrogens is 239 g/mol. The maximum atomic E-state index is 13.3. The van der Waals surface area contributed by atoms with Gasteiger partial charge < -0.3 is 5.73 Å². The van der Waals surface area contributed by atoms with Crippen LogP contribution in [0.5, 0.6) is 0 Å². The molecule has 0 aliphatic heterocycles. The van der Waals surface area contributed by atoms with Gasteiger partial charge in [-0.3, -0.25) is 4.90 Å². The van der Waals surface area contributed by atoms with Crippen LogP contribution < -0.4 is 5.73 Å². The summed E-state index contributed by atoms with van der Waals surface area (Å²) in [5.41, 5.74) is 6.51. The normalized spacial score (nSPS) is 11.5. The summed E-state index contributed by atoms with van der Waals surface area (Å²) in [6.45, 7) is 7.42. The fourth-order valence-corrected chi connectivity index (χ4v) is 1.95. The fraction of sp³-hybridized carbons (Fsp3) is 0.538. The van der Waals surface area contributed by atoms with E-state index in [1.165, 1.54) is 6.07 Å². The number of nitrogens with zero attached hydrogens (tertiary/aromatic N) is 1. The highest BCUT2D eigenvalue weighted by Gasteiger charge is 2.09. The highest BCUT2D eigenvalue weighted by Crippen LogP contribution is 2.17. The molecule has 1 rings (SSSR count). The Bertz CT molecular complexity index is 355. The second-order valence-corrected chi connectivity index (χ2v) is 5.07. The van der Waals surface area contributed by atoms with Crippen LogP contribution in [0.4, 0.5) is 4.39 Å². The maximum Gasteiger partial charge on any atom is 0.142 e. The lowest BCUT2D eigenvalue weighted by atomic mass is 10.1. The van der Waals surface area contributed by atoms with Gasteiger partial charge in [0.25, 0.3) is 0 Å². The first-order chi connectivity index (χ1) is 8.02. The van der Waals surface area contributed by atoms with Crippen molar-refractivity contribution in [1.82, 2.24) is 4.90 Å². The van der Waals surface area contributed by atoms with E-state index in [1.54, 1.807) is 6.07 Å². The average Bonchev–Trinajstić information content (AvgIpc) is 2.23. The highest BCUT2D eigenvalue weighted by atomic mass is 35.5. The van der Waals surface area contributed by atoms with Crippen LogP contribution in [0.3, 0.4) is 0 Å². The minimum atomic E-state index is -0.360. The van der Waals surface area contributed by atoms with Crippen LogP contribution in [-0.4, -0.2) is 24.5 Å². The zero-order chi connectivity index (χ0) is 12.8. The standard InChI is InChI=1S/C13H20ClFN2/c1-10(2)8-17(6-5-16)9-11-3-4-12(14)13(15)7-11/h3-4,7,10H,5-6,8-9,16H2,1-2H3. The first-order valence-electron chi connectivity index (χ1n) is 5.89. The Morgan fingerprint density at radius 3 is 2.65 bits per heavy atom. The Hall–Kier alpha value is -0.640. The van der Waals surface area contributed by atoms with Crippen molar-refractivity contribution in [2.24, 2.45) is 11.7 Å². The van der Waals surface area contributed by atoms with Gasteiger partial charge in [0.2, 0.25) is 0 Å². The molecular formula is C13H20ClFN2. The van der Waals surface area contributed by atoms with E-state index in [0.717, 1.165) is 18.7 Å². The predicted molar refractivity (Wildman–Crippen MR) is 70.6 cm³/mol. The van der Waals surface area contributed by atoms with Gasteiger partial charge in [0.1, 0.15) is 5.82 Å². The van der Waals surface area contributed by atoms with Crippen molar-refractivity contribution in [1.29, 1.82) is 0 Å². The molecule has 0 fully saturated rings. The third-order valence-electron chi connectivity index (χ3n) is 2.46. The molecule has 0 aliphatic carbocycles. The molecule has 17 heavy (non-hydrogen) atoms. The highest BCUT2D eigenvalue weighted by molar-refractivity contribution is 6.30. The van der Waals surface area contributed by atoms with E-state index in [-0.39, 0.29) is 10.8 Å². The molecule has 0 radical (unpaired) electrons. The van der Waals surface area contributed by atoms with E-state index in [9.17, 15) is 4.39 Å². The van der Waals surface area contributed by atoms with Gasteiger partial charge >= 0.3 is 0 Å². The van der Waals surface area contributed by atoms with Gasteiger partial charge in [0, 0.05) is 26.2 Å². The molecule has 0 saturated heterocycles. The molecule has 1 aromatic rings. The lowest BCUT2D eigenvalue weighted by Crippen LogP contribution is -2.32. The van der Waals surface area contributed by atoms with E-state index in [1.807, 2.05) is 6.07 Å². The molecule has 2 nitrogen and oxygen atoms in total. The molecule has 0 amide bonds. The molecule has 2 N–H and O–H groups in total. The Balaban J connectivity index is 2.67. The Labute approximate surface area is 108 Å². The van der Waals surface area contributed by atoms with Gasteiger partial charge in [-0.2, -0.15) is 0 Å². The average molecular weight is 259 g/mol. The van der Waals surface area contributed by atoms with Gasteiger partial charge in [0.15, 0.2) is 0 Å². The number of rotatable bonds is 6. The zero-order valence-electron chi connectivity index (χ0n) is 10.4. The molecule has 0 bridgehead atoms. The molecule has 4 heteroatoms. The number of hydrogen-bond acceptors (Lipinski definition) is 2. The van der Waals surface area contributed by atoms with Crippen molar-refractivity contribution < 1.29 is 4.39 Å². The third kappa shape index (κ3) is 5.02. The van der Waals surface area contributed by atoms with Crippen LogP contribution >= 0.6 is 11.6 Å². The van der Waals surface area contributed by atoms with Crippen LogP contribution in [0.25, 0.3) is 0 Å². The zero-order valence-corrected chi connectivity index (χ0v) is 11.2. The summed E-state index contributed by atoms with van der Waals surface area (Å²) in [6, 6.07) is 4.95. The maximum absolute atomic E-state index is 13.3. The summed E-state index contributed by atoms with van der Waals surface area (Å²) < 4.78 is 13.3. The van der Waals surface area contributed by atoms with Gasteiger partial charge in [0.05, 0.1) is 5.02 Å². The number of benzene rings is 1. The van der Waals surface area contributed by atoms with Crippen molar-refractivity contribution in [3.8, 4) is 0 Å². The van der Waals surface area contributed by atoms with Crippen LogP contribution in [0.2, 0.25) is 5.02 Å². The molecule has 1 aromatic carbocycles. The van der Waals surface area contributed by atoms with Crippen molar-refractivity contribution in [2.75, 3.05) is 19.6 Å². The van der Waals surface area contributed by atoms with Crippen molar-refractivity contribution >= 4 is 11.6 Å².